The second-order valence-corrected chi connectivity index (χ2v) is 2.98. The molecule has 1 aromatic carbocycles. The quantitative estimate of drug-likeness (QED) is 0.858. The van der Waals surface area contributed by atoms with Crippen LogP contribution < -0.4 is 4.74 Å². The predicted molar refractivity (Wildman–Crippen MR) is 49.5 cm³/mol. The number of nitriles is 1. The van der Waals surface area contributed by atoms with Gasteiger partial charge in [-0.3, -0.25) is 0 Å². The summed E-state index contributed by atoms with van der Waals surface area (Å²) in [5.74, 6) is -2.02. The number of hydrogen-bond donors (Lipinski definition) is 1. The smallest absolute Gasteiger partial charge is 0.387 e. The number of hydrogen-bond acceptors (Lipinski definition) is 3. The Bertz CT molecular complexity index is 466. The zero-order valence-electron chi connectivity index (χ0n) is 8.20. The fraction of sp³-hybridized carbons (Fsp3) is 0.200. The Kier molecular flexibility index (Phi) is 3.40. The van der Waals surface area contributed by atoms with Gasteiger partial charge in [-0.05, 0) is 24.6 Å². The molecule has 0 bridgehead atoms. The highest BCUT2D eigenvalue weighted by atomic mass is 19.3. The van der Waals surface area contributed by atoms with E-state index in [4.69, 9.17) is 10.4 Å². The number of aromatic carboxylic acids is 1. The summed E-state index contributed by atoms with van der Waals surface area (Å²) in [6.45, 7) is -1.62. The first kappa shape index (κ1) is 11.9. The van der Waals surface area contributed by atoms with Crippen molar-refractivity contribution >= 4 is 5.97 Å². The Morgan fingerprint density at radius 1 is 1.56 bits per heavy atom. The topological polar surface area (TPSA) is 70.3 Å². The van der Waals surface area contributed by atoms with Crippen LogP contribution in [-0.2, 0) is 0 Å². The van der Waals surface area contributed by atoms with Gasteiger partial charge in [-0.25, -0.2) is 4.79 Å². The van der Waals surface area contributed by atoms with Crippen LogP contribution in [0, 0.1) is 18.3 Å². The predicted octanol–water partition coefficient (Wildman–Crippen LogP) is 2.17. The van der Waals surface area contributed by atoms with Gasteiger partial charge in [0.15, 0.2) is 5.75 Å². The van der Waals surface area contributed by atoms with Gasteiger partial charge in [0.25, 0.3) is 0 Å². The molecule has 0 fully saturated rings. The van der Waals surface area contributed by atoms with Gasteiger partial charge >= 0.3 is 12.6 Å². The molecule has 0 saturated carbocycles. The molecule has 1 rings (SSSR count). The number of rotatable bonds is 3. The summed E-state index contributed by atoms with van der Waals surface area (Å²) in [4.78, 5) is 10.8. The lowest BCUT2D eigenvalue weighted by Crippen LogP contribution is -2.09. The number of alkyl halides is 2. The third-order valence-corrected chi connectivity index (χ3v) is 1.79. The molecule has 1 N–H and O–H groups in total. The molecule has 16 heavy (non-hydrogen) atoms. The molecule has 0 aliphatic heterocycles. The van der Waals surface area contributed by atoms with E-state index in [1.54, 1.807) is 13.0 Å². The second-order valence-electron chi connectivity index (χ2n) is 2.98. The number of carbonyl (C=O) groups is 1. The Balaban J connectivity index is 3.40. The van der Waals surface area contributed by atoms with Crippen molar-refractivity contribution in [2.75, 3.05) is 0 Å². The van der Waals surface area contributed by atoms with E-state index in [0.29, 0.717) is 5.56 Å². The van der Waals surface area contributed by atoms with Crippen molar-refractivity contribution in [2.45, 2.75) is 13.5 Å². The van der Waals surface area contributed by atoms with Crippen LogP contribution in [0.4, 0.5) is 8.78 Å². The lowest BCUT2D eigenvalue weighted by atomic mass is 10.1. The maximum atomic E-state index is 12.1. The lowest BCUT2D eigenvalue weighted by Gasteiger charge is -2.10. The van der Waals surface area contributed by atoms with Gasteiger partial charge in [-0.2, -0.15) is 14.0 Å². The average molecular weight is 227 g/mol. The molecule has 0 saturated heterocycles. The van der Waals surface area contributed by atoms with Crippen LogP contribution in [-0.4, -0.2) is 17.7 Å². The van der Waals surface area contributed by atoms with E-state index in [0.717, 1.165) is 0 Å². The normalized spacial score (nSPS) is 9.94. The summed E-state index contributed by atoms with van der Waals surface area (Å²) in [5, 5.41) is 17.5. The van der Waals surface area contributed by atoms with E-state index in [9.17, 15) is 13.6 Å². The van der Waals surface area contributed by atoms with Crippen LogP contribution in [0.1, 0.15) is 21.5 Å². The highest BCUT2D eigenvalue weighted by molar-refractivity contribution is 5.92. The number of carboxylic acid groups (broad SMARTS) is 1. The monoisotopic (exact) mass is 227 g/mol. The molecule has 1 aromatic rings. The minimum atomic E-state index is -3.17. The number of carboxylic acids is 1. The van der Waals surface area contributed by atoms with Crippen LogP contribution in [0.5, 0.6) is 5.75 Å². The van der Waals surface area contributed by atoms with Crippen LogP contribution in [0.15, 0.2) is 12.1 Å². The number of aryl methyl sites for hydroxylation is 1. The maximum absolute atomic E-state index is 12.1. The Morgan fingerprint density at radius 3 is 2.62 bits per heavy atom. The van der Waals surface area contributed by atoms with Gasteiger partial charge in [0.2, 0.25) is 0 Å². The van der Waals surface area contributed by atoms with Crippen molar-refractivity contribution in [1.82, 2.24) is 0 Å². The highest BCUT2D eigenvalue weighted by Gasteiger charge is 2.19. The Hall–Kier alpha value is -2.16. The highest BCUT2D eigenvalue weighted by Crippen LogP contribution is 2.27. The molecule has 0 aliphatic carbocycles. The first-order valence-corrected chi connectivity index (χ1v) is 4.18. The average Bonchev–Trinajstić information content (AvgIpc) is 2.19. The largest absolute Gasteiger partial charge is 0.478 e. The molecule has 84 valence electrons. The van der Waals surface area contributed by atoms with Crippen molar-refractivity contribution in [3.8, 4) is 11.8 Å². The molecule has 0 unspecified atom stereocenters. The van der Waals surface area contributed by atoms with Gasteiger partial charge in [0.1, 0.15) is 11.6 Å². The number of halogens is 2. The summed E-state index contributed by atoms with van der Waals surface area (Å²) >= 11 is 0. The summed E-state index contributed by atoms with van der Waals surface area (Å²) in [5.41, 5.74) is -0.190. The molecule has 0 atom stereocenters. The van der Waals surface area contributed by atoms with Crippen molar-refractivity contribution in [1.29, 1.82) is 5.26 Å². The number of ether oxygens (including phenoxy) is 1. The van der Waals surface area contributed by atoms with E-state index in [-0.39, 0.29) is 5.56 Å². The Labute approximate surface area is 89.7 Å². The fourth-order valence-electron chi connectivity index (χ4n) is 1.23. The molecule has 0 aromatic heterocycles. The summed E-state index contributed by atoms with van der Waals surface area (Å²) < 4.78 is 28.2. The van der Waals surface area contributed by atoms with Crippen LogP contribution in [0.2, 0.25) is 0 Å². The van der Waals surface area contributed by atoms with Crippen LogP contribution >= 0.6 is 0 Å². The zero-order valence-corrected chi connectivity index (χ0v) is 8.20. The first-order chi connectivity index (χ1) is 7.45. The minimum Gasteiger partial charge on any atom is -0.478 e. The van der Waals surface area contributed by atoms with Crippen molar-refractivity contribution in [2.24, 2.45) is 0 Å². The third kappa shape index (κ3) is 2.45. The second kappa shape index (κ2) is 4.57. The molecule has 0 spiro atoms. The van der Waals surface area contributed by atoms with Gasteiger partial charge < -0.3 is 9.84 Å². The van der Waals surface area contributed by atoms with Gasteiger partial charge in [0, 0.05) is 0 Å². The van der Waals surface area contributed by atoms with Gasteiger partial charge in [0.05, 0.1) is 5.56 Å². The SMILES string of the molecule is Cc1cc(C#N)c(OC(F)F)c(C(=O)O)c1. The van der Waals surface area contributed by atoms with Crippen molar-refractivity contribution in [3.63, 3.8) is 0 Å². The third-order valence-electron chi connectivity index (χ3n) is 1.79. The van der Waals surface area contributed by atoms with Gasteiger partial charge in [-0.15, -0.1) is 0 Å². The lowest BCUT2D eigenvalue weighted by molar-refractivity contribution is -0.0505. The summed E-state index contributed by atoms with van der Waals surface area (Å²) in [6.07, 6.45) is 0. The molecule has 0 aliphatic rings. The standard InChI is InChI=1S/C10H7F2NO3/c1-5-2-6(4-13)8(16-10(11)12)7(3-5)9(14)15/h2-3,10H,1H3,(H,14,15). The van der Waals surface area contributed by atoms with Crippen molar-refractivity contribution in [3.05, 3.63) is 28.8 Å². The summed E-state index contributed by atoms with van der Waals surface area (Å²) in [7, 11) is 0. The van der Waals surface area contributed by atoms with E-state index in [2.05, 4.69) is 4.74 Å². The summed E-state index contributed by atoms with van der Waals surface area (Å²) in [6, 6.07) is 4.06. The van der Waals surface area contributed by atoms with Gasteiger partial charge in [-0.1, -0.05) is 0 Å². The van der Waals surface area contributed by atoms with E-state index in [1.165, 1.54) is 12.1 Å². The minimum absolute atomic E-state index is 0.224. The molecule has 0 heterocycles. The first-order valence-electron chi connectivity index (χ1n) is 4.18. The molecule has 4 nitrogen and oxygen atoms in total. The van der Waals surface area contributed by atoms with E-state index >= 15 is 0 Å². The molecule has 6 heteroatoms. The fourth-order valence-corrected chi connectivity index (χ4v) is 1.23. The van der Waals surface area contributed by atoms with Crippen molar-refractivity contribution < 1.29 is 23.4 Å². The maximum Gasteiger partial charge on any atom is 0.387 e. The van der Waals surface area contributed by atoms with Crippen LogP contribution in [0.3, 0.4) is 0 Å². The zero-order chi connectivity index (χ0) is 12.3. The van der Waals surface area contributed by atoms with Crippen LogP contribution in [0.25, 0.3) is 0 Å². The molecule has 0 radical (unpaired) electrons. The number of benzene rings is 1. The number of nitrogens with zero attached hydrogens (tertiary/aromatic N) is 1. The Morgan fingerprint density at radius 2 is 2.19 bits per heavy atom. The molecular formula is C10H7F2NO3. The molecule has 0 amide bonds. The molecular weight excluding hydrogens is 220 g/mol. The van der Waals surface area contributed by atoms with E-state index in [1.807, 2.05) is 0 Å². The van der Waals surface area contributed by atoms with E-state index < -0.39 is 23.9 Å².